The standard InChI is InChI=1S/C27H34N8O4S/c1-17(2)10-13-34-23-24(31-26(34)33-12-5-6-18(28)14-33)32(3)27(37)35(25(23)36)15-22-19-7-4-8-21(30-16-40(38)39)20(19)9-11-29-22/h4,7-11,18,30H,5-6,12-16,28H2,1-3H3,(H,38,39). The molecule has 0 bridgehead atoms. The molecule has 2 atom stereocenters. The van der Waals surface area contributed by atoms with Gasteiger partial charge in [-0.3, -0.25) is 18.9 Å². The van der Waals surface area contributed by atoms with Gasteiger partial charge in [-0.05, 0) is 38.8 Å². The molecular weight excluding hydrogens is 532 g/mol. The zero-order chi connectivity index (χ0) is 28.6. The maximum Gasteiger partial charge on any atom is 0.332 e. The number of imidazole rings is 1. The molecule has 0 saturated carbocycles. The van der Waals surface area contributed by atoms with Crippen LogP contribution in [0, 0.1) is 0 Å². The first-order valence-electron chi connectivity index (χ1n) is 13.2. The molecular formula is C27H34N8O4S. The average Bonchev–Trinajstić information content (AvgIpc) is 3.31. The van der Waals surface area contributed by atoms with Crippen LogP contribution in [0.25, 0.3) is 21.9 Å². The molecule has 0 amide bonds. The number of aryl methyl sites for hydroxylation is 1. The minimum atomic E-state index is -2.02. The smallest absolute Gasteiger partial charge is 0.332 e. The van der Waals surface area contributed by atoms with E-state index >= 15 is 0 Å². The minimum Gasteiger partial charge on any atom is -0.371 e. The van der Waals surface area contributed by atoms with Crippen molar-refractivity contribution in [3.63, 3.8) is 0 Å². The Bertz CT molecular complexity index is 1750. The molecule has 40 heavy (non-hydrogen) atoms. The zero-order valence-electron chi connectivity index (χ0n) is 22.8. The summed E-state index contributed by atoms with van der Waals surface area (Å²) in [5.41, 5.74) is 8.30. The van der Waals surface area contributed by atoms with Gasteiger partial charge in [0, 0.05) is 55.4 Å². The third-order valence-electron chi connectivity index (χ3n) is 7.22. The molecule has 0 spiro atoms. The van der Waals surface area contributed by atoms with Crippen LogP contribution in [-0.4, -0.2) is 57.4 Å². The first kappa shape index (κ1) is 27.7. The molecule has 3 aromatic heterocycles. The summed E-state index contributed by atoms with van der Waals surface area (Å²) >= 11 is -2.02. The minimum absolute atomic E-state index is 0.0140. The average molecular weight is 567 g/mol. The third-order valence-corrected chi connectivity index (χ3v) is 7.61. The molecule has 1 fully saturated rings. The Hall–Kier alpha value is -3.81. The molecule has 5 rings (SSSR count). The van der Waals surface area contributed by atoms with Gasteiger partial charge >= 0.3 is 5.69 Å². The van der Waals surface area contributed by atoms with Crippen LogP contribution in [0.4, 0.5) is 11.6 Å². The molecule has 1 aliphatic heterocycles. The number of hydrogen-bond acceptors (Lipinski definition) is 8. The van der Waals surface area contributed by atoms with E-state index in [4.69, 9.17) is 10.7 Å². The summed E-state index contributed by atoms with van der Waals surface area (Å²) in [6.45, 7) is 5.77. The van der Waals surface area contributed by atoms with Gasteiger partial charge in [0.2, 0.25) is 5.95 Å². The Kier molecular flexibility index (Phi) is 7.88. The van der Waals surface area contributed by atoms with E-state index in [1.807, 2.05) is 30.6 Å². The molecule has 0 radical (unpaired) electrons. The van der Waals surface area contributed by atoms with Crippen molar-refractivity contribution in [1.29, 1.82) is 0 Å². The number of nitrogens with two attached hydrogens (primary N) is 1. The zero-order valence-corrected chi connectivity index (χ0v) is 23.6. The summed E-state index contributed by atoms with van der Waals surface area (Å²) in [5.74, 6) is 0.501. The van der Waals surface area contributed by atoms with Crippen molar-refractivity contribution in [2.45, 2.75) is 45.8 Å². The lowest BCUT2D eigenvalue weighted by atomic mass is 10.1. The van der Waals surface area contributed by atoms with Gasteiger partial charge in [0.25, 0.3) is 5.56 Å². The monoisotopic (exact) mass is 566 g/mol. The summed E-state index contributed by atoms with van der Waals surface area (Å²) in [4.78, 5) is 39.0. The fourth-order valence-electron chi connectivity index (χ4n) is 5.22. The number of nitrogens with zero attached hydrogens (tertiary/aromatic N) is 6. The van der Waals surface area contributed by atoms with Crippen molar-refractivity contribution in [2.24, 2.45) is 12.8 Å². The van der Waals surface area contributed by atoms with Crippen molar-refractivity contribution < 1.29 is 8.76 Å². The Morgan fingerprint density at radius 2 is 2.02 bits per heavy atom. The van der Waals surface area contributed by atoms with E-state index in [9.17, 15) is 18.4 Å². The molecule has 4 aromatic rings. The van der Waals surface area contributed by atoms with Crippen LogP contribution in [0.1, 0.15) is 32.4 Å². The topological polar surface area (TPSA) is 153 Å². The summed E-state index contributed by atoms with van der Waals surface area (Å²) in [5, 5.41) is 4.45. The molecule has 4 N–H and O–H groups in total. The summed E-state index contributed by atoms with van der Waals surface area (Å²) in [6, 6.07) is 7.25. The van der Waals surface area contributed by atoms with E-state index in [2.05, 4.69) is 15.2 Å². The van der Waals surface area contributed by atoms with E-state index in [1.165, 1.54) is 9.13 Å². The Labute approximate surface area is 233 Å². The number of allylic oxidation sites excluding steroid dienone is 2. The summed E-state index contributed by atoms with van der Waals surface area (Å²) < 4.78 is 24.9. The molecule has 0 aliphatic carbocycles. The molecule has 1 aliphatic rings. The largest absolute Gasteiger partial charge is 0.371 e. The number of pyridine rings is 1. The highest BCUT2D eigenvalue weighted by atomic mass is 32.2. The highest BCUT2D eigenvalue weighted by Gasteiger charge is 2.26. The third kappa shape index (κ3) is 5.31. The molecule has 4 heterocycles. The van der Waals surface area contributed by atoms with Crippen molar-refractivity contribution in [1.82, 2.24) is 23.7 Å². The molecule has 2 unspecified atom stereocenters. The van der Waals surface area contributed by atoms with Crippen LogP contribution in [0.15, 0.2) is 51.7 Å². The van der Waals surface area contributed by atoms with Crippen LogP contribution in [0.5, 0.6) is 0 Å². The molecule has 12 nitrogen and oxygen atoms in total. The number of anilines is 2. The van der Waals surface area contributed by atoms with E-state index in [-0.39, 0.29) is 18.5 Å². The summed E-state index contributed by atoms with van der Waals surface area (Å²) in [6.07, 6.45) is 5.49. The molecule has 212 valence electrons. The Balaban J connectivity index is 1.66. The van der Waals surface area contributed by atoms with E-state index in [1.54, 1.807) is 31.4 Å². The molecule has 13 heteroatoms. The lowest BCUT2D eigenvalue weighted by molar-refractivity contribution is 0.495. The fraction of sp³-hybridized carbons (Fsp3) is 0.407. The maximum atomic E-state index is 14.0. The number of piperidine rings is 1. The lowest BCUT2D eigenvalue weighted by Crippen LogP contribution is -2.44. The van der Waals surface area contributed by atoms with Crippen molar-refractivity contribution in [3.05, 3.63) is 68.6 Å². The van der Waals surface area contributed by atoms with Crippen molar-refractivity contribution in [3.8, 4) is 0 Å². The van der Waals surface area contributed by atoms with Gasteiger partial charge in [-0.15, -0.1) is 0 Å². The Morgan fingerprint density at radius 1 is 1.23 bits per heavy atom. The van der Waals surface area contributed by atoms with E-state index < -0.39 is 22.3 Å². The highest BCUT2D eigenvalue weighted by Crippen LogP contribution is 2.26. The summed E-state index contributed by atoms with van der Waals surface area (Å²) in [7, 11) is 1.62. The normalized spacial score (nSPS) is 16.4. The van der Waals surface area contributed by atoms with Gasteiger partial charge in [0.05, 0.1) is 12.2 Å². The number of benzene rings is 1. The van der Waals surface area contributed by atoms with Crippen LogP contribution >= 0.6 is 0 Å². The first-order valence-corrected chi connectivity index (χ1v) is 14.4. The van der Waals surface area contributed by atoms with E-state index in [0.717, 1.165) is 35.7 Å². The highest BCUT2D eigenvalue weighted by molar-refractivity contribution is 7.79. The van der Waals surface area contributed by atoms with Crippen LogP contribution in [-0.2, 0) is 31.2 Å². The van der Waals surface area contributed by atoms with Gasteiger partial charge in [0.15, 0.2) is 22.2 Å². The fourth-order valence-corrected chi connectivity index (χ4v) is 5.50. The van der Waals surface area contributed by atoms with Gasteiger partial charge in [-0.2, -0.15) is 4.98 Å². The second kappa shape index (κ2) is 11.4. The van der Waals surface area contributed by atoms with Gasteiger partial charge < -0.3 is 25.1 Å². The number of aromatic nitrogens is 5. The quantitative estimate of drug-likeness (QED) is 0.215. The SMILES string of the molecule is CC(C)=CCn1c(N2CCCC(N)C2)nc2c1c(=O)n(Cc1nccc3c(NCS(=O)O)cccc13)c(=O)n2C. The number of rotatable bonds is 8. The van der Waals surface area contributed by atoms with Crippen LogP contribution in [0.2, 0.25) is 0 Å². The van der Waals surface area contributed by atoms with Gasteiger partial charge in [-0.1, -0.05) is 23.8 Å². The number of nitrogens with one attached hydrogen (secondary N) is 1. The van der Waals surface area contributed by atoms with Crippen molar-refractivity contribution >= 4 is 44.7 Å². The first-order chi connectivity index (χ1) is 19.2. The van der Waals surface area contributed by atoms with E-state index in [0.29, 0.717) is 41.6 Å². The number of fused-ring (bicyclic) bond motifs is 2. The second-order valence-corrected chi connectivity index (χ2v) is 11.3. The van der Waals surface area contributed by atoms with Gasteiger partial charge in [-0.25, -0.2) is 9.00 Å². The van der Waals surface area contributed by atoms with Gasteiger partial charge in [0.1, 0.15) is 5.88 Å². The number of hydrogen-bond donors (Lipinski definition) is 3. The second-order valence-electron chi connectivity index (χ2n) is 10.4. The maximum absolute atomic E-state index is 14.0. The van der Waals surface area contributed by atoms with Crippen LogP contribution in [0.3, 0.4) is 0 Å². The van der Waals surface area contributed by atoms with Crippen LogP contribution < -0.4 is 27.2 Å². The van der Waals surface area contributed by atoms with Crippen molar-refractivity contribution in [2.75, 3.05) is 29.2 Å². The predicted octanol–water partition coefficient (Wildman–Crippen LogP) is 1.98. The lowest BCUT2D eigenvalue weighted by Gasteiger charge is -2.31. The molecule has 1 aromatic carbocycles. The molecule has 1 saturated heterocycles. The predicted molar refractivity (Wildman–Crippen MR) is 158 cm³/mol. The Morgan fingerprint density at radius 3 is 2.75 bits per heavy atom.